The number of carbonyl (C=O) groups excluding carboxylic acids is 1. The van der Waals surface area contributed by atoms with E-state index in [1.807, 2.05) is 0 Å². The molecule has 0 saturated carbocycles. The van der Waals surface area contributed by atoms with Gasteiger partial charge in [0.05, 0.1) is 5.97 Å². The SMILES string of the molecule is O=C([O-])c1c(Br)cccc1Br. The van der Waals surface area contributed by atoms with Gasteiger partial charge in [-0.2, -0.15) is 0 Å². The second-order valence-corrected chi connectivity index (χ2v) is 3.59. The highest BCUT2D eigenvalue weighted by Crippen LogP contribution is 2.23. The second kappa shape index (κ2) is 3.36. The molecular formula is C7H3Br2O2-. The second-order valence-electron chi connectivity index (χ2n) is 1.88. The van der Waals surface area contributed by atoms with Crippen LogP contribution in [0.15, 0.2) is 27.1 Å². The van der Waals surface area contributed by atoms with Gasteiger partial charge in [-0.05, 0) is 12.1 Å². The molecule has 4 heteroatoms. The lowest BCUT2D eigenvalue weighted by Gasteiger charge is -2.06. The van der Waals surface area contributed by atoms with Gasteiger partial charge in [-0.3, -0.25) is 0 Å². The van der Waals surface area contributed by atoms with Crippen LogP contribution in [0.4, 0.5) is 0 Å². The molecule has 11 heavy (non-hydrogen) atoms. The van der Waals surface area contributed by atoms with E-state index in [1.165, 1.54) is 0 Å². The molecule has 0 N–H and O–H groups in total. The molecule has 0 unspecified atom stereocenters. The van der Waals surface area contributed by atoms with Crippen molar-refractivity contribution in [2.75, 3.05) is 0 Å². The molecule has 0 atom stereocenters. The third kappa shape index (κ3) is 1.81. The van der Waals surface area contributed by atoms with Gasteiger partial charge in [-0.25, -0.2) is 0 Å². The Hall–Kier alpha value is -0.350. The summed E-state index contributed by atoms with van der Waals surface area (Å²) in [5.41, 5.74) is 0.146. The van der Waals surface area contributed by atoms with Crippen molar-refractivity contribution in [1.82, 2.24) is 0 Å². The summed E-state index contributed by atoms with van der Waals surface area (Å²) >= 11 is 6.19. The van der Waals surface area contributed by atoms with Crippen LogP contribution in [0.5, 0.6) is 0 Å². The maximum absolute atomic E-state index is 10.5. The summed E-state index contributed by atoms with van der Waals surface area (Å²) in [5.74, 6) is -1.19. The lowest BCUT2D eigenvalue weighted by Crippen LogP contribution is -2.23. The van der Waals surface area contributed by atoms with E-state index in [2.05, 4.69) is 31.9 Å². The summed E-state index contributed by atoms with van der Waals surface area (Å²) in [4.78, 5) is 10.5. The quantitative estimate of drug-likeness (QED) is 0.782. The molecule has 58 valence electrons. The number of halogens is 2. The minimum absolute atomic E-state index is 0.146. The predicted octanol–water partition coefficient (Wildman–Crippen LogP) is 1.58. The normalized spacial score (nSPS) is 9.64. The summed E-state index contributed by atoms with van der Waals surface area (Å²) in [6.45, 7) is 0. The summed E-state index contributed by atoms with van der Waals surface area (Å²) in [7, 11) is 0. The lowest BCUT2D eigenvalue weighted by atomic mass is 10.2. The van der Waals surface area contributed by atoms with E-state index in [9.17, 15) is 9.90 Å². The summed E-state index contributed by atoms with van der Waals surface area (Å²) in [6.07, 6.45) is 0. The first kappa shape index (κ1) is 8.74. The van der Waals surface area contributed by atoms with Crippen LogP contribution >= 0.6 is 31.9 Å². The zero-order valence-electron chi connectivity index (χ0n) is 5.30. The van der Waals surface area contributed by atoms with Crippen molar-refractivity contribution in [2.45, 2.75) is 0 Å². The minimum atomic E-state index is -1.19. The fourth-order valence-corrected chi connectivity index (χ4v) is 2.01. The smallest absolute Gasteiger partial charge is 0.0738 e. The van der Waals surface area contributed by atoms with Gasteiger partial charge in [-0.15, -0.1) is 0 Å². The monoisotopic (exact) mass is 277 g/mol. The van der Waals surface area contributed by atoms with Gasteiger partial charge in [0, 0.05) is 14.5 Å². The molecular weight excluding hydrogens is 276 g/mol. The molecule has 0 bridgehead atoms. The van der Waals surface area contributed by atoms with Gasteiger partial charge < -0.3 is 9.90 Å². The Balaban J connectivity index is 3.32. The largest absolute Gasteiger partial charge is 0.545 e. The molecule has 0 aromatic heterocycles. The molecule has 0 aliphatic carbocycles. The van der Waals surface area contributed by atoms with Gasteiger partial charge in [0.1, 0.15) is 0 Å². The van der Waals surface area contributed by atoms with E-state index in [0.717, 1.165) is 0 Å². The first-order valence-corrected chi connectivity index (χ1v) is 4.37. The fourth-order valence-electron chi connectivity index (χ4n) is 0.693. The summed E-state index contributed by atoms with van der Waals surface area (Å²) in [6, 6.07) is 5.03. The molecule has 1 rings (SSSR count). The van der Waals surface area contributed by atoms with Crippen molar-refractivity contribution in [3.63, 3.8) is 0 Å². The molecule has 0 spiro atoms. The topological polar surface area (TPSA) is 40.1 Å². The van der Waals surface area contributed by atoms with Crippen LogP contribution < -0.4 is 5.11 Å². The Bertz CT molecular complexity index is 276. The fraction of sp³-hybridized carbons (Fsp3) is 0. The van der Waals surface area contributed by atoms with E-state index in [-0.39, 0.29) is 5.56 Å². The van der Waals surface area contributed by atoms with Crippen molar-refractivity contribution in [2.24, 2.45) is 0 Å². The van der Waals surface area contributed by atoms with E-state index in [4.69, 9.17) is 0 Å². The van der Waals surface area contributed by atoms with Crippen LogP contribution in [-0.2, 0) is 0 Å². The van der Waals surface area contributed by atoms with Crippen molar-refractivity contribution in [3.05, 3.63) is 32.7 Å². The molecule has 0 heterocycles. The third-order valence-electron chi connectivity index (χ3n) is 1.17. The van der Waals surface area contributed by atoms with E-state index < -0.39 is 5.97 Å². The molecule has 1 aromatic rings. The van der Waals surface area contributed by atoms with Crippen LogP contribution in [0.25, 0.3) is 0 Å². The standard InChI is InChI=1S/C7H4Br2O2/c8-4-2-1-3-5(9)6(4)7(10)11/h1-3H,(H,10,11)/p-1. The first-order valence-electron chi connectivity index (χ1n) is 2.78. The molecule has 0 saturated heterocycles. The van der Waals surface area contributed by atoms with Crippen LogP contribution in [0.1, 0.15) is 10.4 Å². The summed E-state index contributed by atoms with van der Waals surface area (Å²) < 4.78 is 1.04. The highest BCUT2D eigenvalue weighted by molar-refractivity contribution is 9.11. The zero-order chi connectivity index (χ0) is 8.43. The number of carboxylic acid groups (broad SMARTS) is 1. The maximum atomic E-state index is 10.5. The minimum Gasteiger partial charge on any atom is -0.545 e. The van der Waals surface area contributed by atoms with Crippen LogP contribution in [0, 0.1) is 0 Å². The van der Waals surface area contributed by atoms with Crippen molar-refractivity contribution < 1.29 is 9.90 Å². The number of hydrogen-bond acceptors (Lipinski definition) is 2. The van der Waals surface area contributed by atoms with Gasteiger partial charge in [0.25, 0.3) is 0 Å². The maximum Gasteiger partial charge on any atom is 0.0738 e. The molecule has 2 nitrogen and oxygen atoms in total. The van der Waals surface area contributed by atoms with Crippen LogP contribution in [0.2, 0.25) is 0 Å². The molecule has 0 aliphatic heterocycles. The number of benzene rings is 1. The van der Waals surface area contributed by atoms with Crippen molar-refractivity contribution in [3.8, 4) is 0 Å². The van der Waals surface area contributed by atoms with E-state index >= 15 is 0 Å². The molecule has 0 fully saturated rings. The Morgan fingerprint density at radius 2 is 1.73 bits per heavy atom. The Morgan fingerprint density at radius 1 is 1.27 bits per heavy atom. The number of aromatic carboxylic acids is 1. The van der Waals surface area contributed by atoms with Crippen LogP contribution in [0.3, 0.4) is 0 Å². The van der Waals surface area contributed by atoms with Crippen molar-refractivity contribution in [1.29, 1.82) is 0 Å². The highest BCUT2D eigenvalue weighted by Gasteiger charge is 2.03. The van der Waals surface area contributed by atoms with E-state index in [1.54, 1.807) is 18.2 Å². The van der Waals surface area contributed by atoms with Crippen molar-refractivity contribution >= 4 is 37.8 Å². The highest BCUT2D eigenvalue weighted by atomic mass is 79.9. The Morgan fingerprint density at radius 3 is 2.00 bits per heavy atom. The third-order valence-corrected chi connectivity index (χ3v) is 2.49. The molecule has 0 radical (unpaired) electrons. The number of hydrogen-bond donors (Lipinski definition) is 0. The van der Waals surface area contributed by atoms with Gasteiger partial charge in [-0.1, -0.05) is 37.9 Å². The molecule has 0 amide bonds. The average Bonchev–Trinajstić information content (AvgIpc) is 1.85. The summed E-state index contributed by atoms with van der Waals surface area (Å²) in [5, 5.41) is 10.5. The van der Waals surface area contributed by atoms with Gasteiger partial charge in [0.15, 0.2) is 0 Å². The lowest BCUT2D eigenvalue weighted by molar-refractivity contribution is -0.255. The Kier molecular flexibility index (Phi) is 2.67. The van der Waals surface area contributed by atoms with E-state index in [0.29, 0.717) is 8.95 Å². The number of carbonyl (C=O) groups is 1. The number of carboxylic acids is 1. The van der Waals surface area contributed by atoms with Gasteiger partial charge in [0.2, 0.25) is 0 Å². The molecule has 0 aliphatic rings. The Labute approximate surface area is 80.5 Å². The zero-order valence-corrected chi connectivity index (χ0v) is 8.48. The molecule has 1 aromatic carbocycles. The van der Waals surface area contributed by atoms with Gasteiger partial charge >= 0.3 is 0 Å². The average molecular weight is 279 g/mol. The first-order chi connectivity index (χ1) is 5.13. The van der Waals surface area contributed by atoms with Crippen LogP contribution in [-0.4, -0.2) is 5.97 Å². The predicted molar refractivity (Wildman–Crippen MR) is 46.2 cm³/mol. The number of rotatable bonds is 1.